The molecule has 0 bridgehead atoms. The Balaban J connectivity index is 2.44. The van der Waals surface area contributed by atoms with Crippen LogP contribution in [0.15, 0.2) is 42.7 Å². The van der Waals surface area contributed by atoms with Crippen LogP contribution in [0.5, 0.6) is 11.5 Å². The number of hydrogen-bond acceptors (Lipinski definition) is 3. The molecule has 1 aromatic carbocycles. The Hall–Kier alpha value is -2.03. The van der Waals surface area contributed by atoms with E-state index < -0.39 is 0 Å². The number of hydrogen-bond donors (Lipinski definition) is 1. The number of rotatable bonds is 3. The summed E-state index contributed by atoms with van der Waals surface area (Å²) in [6.45, 7) is 3.97. The van der Waals surface area contributed by atoms with E-state index in [1.54, 1.807) is 12.3 Å². The summed E-state index contributed by atoms with van der Waals surface area (Å²) in [5.74, 6) is 0.955. The van der Waals surface area contributed by atoms with Crippen molar-refractivity contribution in [3.05, 3.63) is 42.7 Å². The van der Waals surface area contributed by atoms with Crippen LogP contribution in [0.2, 0.25) is 0 Å². The van der Waals surface area contributed by atoms with Gasteiger partial charge in [-0.25, -0.2) is 0 Å². The van der Waals surface area contributed by atoms with E-state index in [0.717, 1.165) is 16.9 Å². The van der Waals surface area contributed by atoms with Crippen LogP contribution >= 0.6 is 0 Å². The van der Waals surface area contributed by atoms with Gasteiger partial charge in [-0.1, -0.05) is 18.2 Å². The summed E-state index contributed by atoms with van der Waals surface area (Å²) < 4.78 is 5.73. The normalized spacial score (nSPS) is 10.5. The Morgan fingerprint density at radius 2 is 1.94 bits per heavy atom. The Kier molecular flexibility index (Phi) is 3.28. The first-order valence-corrected chi connectivity index (χ1v) is 5.57. The van der Waals surface area contributed by atoms with Gasteiger partial charge in [0.1, 0.15) is 11.5 Å². The Morgan fingerprint density at radius 3 is 2.65 bits per heavy atom. The predicted molar refractivity (Wildman–Crippen MR) is 67.1 cm³/mol. The molecule has 2 aromatic rings. The van der Waals surface area contributed by atoms with Crippen LogP contribution in [0.25, 0.3) is 11.1 Å². The number of benzene rings is 1. The first-order valence-electron chi connectivity index (χ1n) is 5.57. The average molecular weight is 229 g/mol. The summed E-state index contributed by atoms with van der Waals surface area (Å²) in [6.07, 6.45) is 3.24. The van der Waals surface area contributed by atoms with Gasteiger partial charge in [-0.2, -0.15) is 0 Å². The van der Waals surface area contributed by atoms with Crippen molar-refractivity contribution < 1.29 is 9.84 Å². The number of aromatic nitrogens is 1. The van der Waals surface area contributed by atoms with Crippen LogP contribution in [0.4, 0.5) is 0 Å². The summed E-state index contributed by atoms with van der Waals surface area (Å²) in [5.41, 5.74) is 1.78. The van der Waals surface area contributed by atoms with Crippen LogP contribution < -0.4 is 4.74 Å². The summed E-state index contributed by atoms with van der Waals surface area (Å²) in [4.78, 5) is 3.98. The van der Waals surface area contributed by atoms with Gasteiger partial charge in [0, 0.05) is 17.3 Å². The van der Waals surface area contributed by atoms with Gasteiger partial charge in [0.2, 0.25) is 0 Å². The van der Waals surface area contributed by atoms with Gasteiger partial charge in [-0.05, 0) is 26.0 Å². The molecule has 1 N–H and O–H groups in total. The van der Waals surface area contributed by atoms with Crippen LogP contribution in [0, 0.1) is 0 Å². The second kappa shape index (κ2) is 4.87. The van der Waals surface area contributed by atoms with E-state index in [1.807, 2.05) is 38.1 Å². The van der Waals surface area contributed by atoms with Crippen molar-refractivity contribution >= 4 is 0 Å². The first kappa shape index (κ1) is 11.5. The highest BCUT2D eigenvalue weighted by atomic mass is 16.5. The quantitative estimate of drug-likeness (QED) is 0.878. The van der Waals surface area contributed by atoms with Gasteiger partial charge in [-0.3, -0.25) is 4.98 Å². The molecule has 17 heavy (non-hydrogen) atoms. The lowest BCUT2D eigenvalue weighted by Crippen LogP contribution is -2.06. The van der Waals surface area contributed by atoms with Crippen molar-refractivity contribution in [1.82, 2.24) is 4.98 Å². The third kappa shape index (κ3) is 2.75. The van der Waals surface area contributed by atoms with Gasteiger partial charge in [0.05, 0.1) is 12.3 Å². The molecule has 0 unspecified atom stereocenters. The summed E-state index contributed by atoms with van der Waals surface area (Å²) in [7, 11) is 0. The van der Waals surface area contributed by atoms with Crippen molar-refractivity contribution in [2.75, 3.05) is 0 Å². The minimum absolute atomic E-state index is 0.112. The number of nitrogens with zero attached hydrogens (tertiary/aromatic N) is 1. The minimum atomic E-state index is 0.112. The maximum atomic E-state index is 9.44. The van der Waals surface area contributed by atoms with E-state index in [4.69, 9.17) is 4.74 Å². The van der Waals surface area contributed by atoms with Gasteiger partial charge < -0.3 is 9.84 Å². The van der Waals surface area contributed by atoms with Gasteiger partial charge in [0.15, 0.2) is 0 Å². The van der Waals surface area contributed by atoms with Crippen molar-refractivity contribution in [2.45, 2.75) is 20.0 Å². The molecule has 0 spiro atoms. The molecular weight excluding hydrogens is 214 g/mol. The maximum Gasteiger partial charge on any atom is 0.134 e. The Morgan fingerprint density at radius 1 is 1.18 bits per heavy atom. The first-order chi connectivity index (χ1) is 8.16. The van der Waals surface area contributed by atoms with E-state index in [9.17, 15) is 5.11 Å². The standard InChI is InChI=1S/C14H15NO2/c1-10(2)17-14-6-4-3-5-13(14)11-7-12(16)9-15-8-11/h3-10,16H,1-2H3. The van der Waals surface area contributed by atoms with E-state index in [1.165, 1.54) is 6.20 Å². The molecule has 0 radical (unpaired) electrons. The average Bonchev–Trinajstić information content (AvgIpc) is 2.29. The van der Waals surface area contributed by atoms with E-state index in [-0.39, 0.29) is 11.9 Å². The van der Waals surface area contributed by atoms with Crippen molar-refractivity contribution in [2.24, 2.45) is 0 Å². The minimum Gasteiger partial charge on any atom is -0.506 e. The maximum absolute atomic E-state index is 9.44. The number of aromatic hydroxyl groups is 1. The smallest absolute Gasteiger partial charge is 0.134 e. The third-order valence-corrected chi connectivity index (χ3v) is 2.28. The fourth-order valence-corrected chi connectivity index (χ4v) is 1.64. The molecule has 3 heteroatoms. The van der Waals surface area contributed by atoms with Crippen LogP contribution in [-0.4, -0.2) is 16.2 Å². The molecule has 2 rings (SSSR count). The molecule has 88 valence electrons. The Bertz CT molecular complexity index is 509. The largest absolute Gasteiger partial charge is 0.506 e. The molecule has 0 saturated carbocycles. The van der Waals surface area contributed by atoms with E-state index in [2.05, 4.69) is 4.98 Å². The van der Waals surface area contributed by atoms with Crippen LogP contribution in [-0.2, 0) is 0 Å². The SMILES string of the molecule is CC(C)Oc1ccccc1-c1cncc(O)c1. The molecule has 0 aliphatic heterocycles. The number of para-hydroxylation sites is 1. The second-order valence-corrected chi connectivity index (χ2v) is 4.09. The number of pyridine rings is 1. The lowest BCUT2D eigenvalue weighted by molar-refractivity contribution is 0.243. The lowest BCUT2D eigenvalue weighted by atomic mass is 10.1. The molecule has 3 nitrogen and oxygen atoms in total. The topological polar surface area (TPSA) is 42.4 Å². The summed E-state index contributed by atoms with van der Waals surface area (Å²) in [5, 5.41) is 9.44. The highest BCUT2D eigenvalue weighted by Crippen LogP contribution is 2.31. The van der Waals surface area contributed by atoms with Crippen molar-refractivity contribution in [1.29, 1.82) is 0 Å². The fraction of sp³-hybridized carbons (Fsp3) is 0.214. The molecule has 1 aromatic heterocycles. The van der Waals surface area contributed by atoms with Gasteiger partial charge >= 0.3 is 0 Å². The molecule has 0 aliphatic rings. The lowest BCUT2D eigenvalue weighted by Gasteiger charge is -2.14. The van der Waals surface area contributed by atoms with Crippen molar-refractivity contribution in [3.63, 3.8) is 0 Å². The molecule has 0 aliphatic carbocycles. The van der Waals surface area contributed by atoms with E-state index >= 15 is 0 Å². The zero-order chi connectivity index (χ0) is 12.3. The highest BCUT2D eigenvalue weighted by molar-refractivity contribution is 5.70. The van der Waals surface area contributed by atoms with E-state index in [0.29, 0.717) is 0 Å². The summed E-state index contributed by atoms with van der Waals surface area (Å²) in [6, 6.07) is 9.41. The predicted octanol–water partition coefficient (Wildman–Crippen LogP) is 3.24. The second-order valence-electron chi connectivity index (χ2n) is 4.09. The van der Waals surface area contributed by atoms with Gasteiger partial charge in [-0.15, -0.1) is 0 Å². The zero-order valence-electron chi connectivity index (χ0n) is 9.92. The molecule has 1 heterocycles. The molecule has 0 fully saturated rings. The fourth-order valence-electron chi connectivity index (χ4n) is 1.64. The molecular formula is C14H15NO2. The number of ether oxygens (including phenoxy) is 1. The molecule has 0 saturated heterocycles. The van der Waals surface area contributed by atoms with Gasteiger partial charge in [0.25, 0.3) is 0 Å². The molecule has 0 amide bonds. The molecule has 0 atom stereocenters. The van der Waals surface area contributed by atoms with Crippen LogP contribution in [0.1, 0.15) is 13.8 Å². The van der Waals surface area contributed by atoms with Crippen LogP contribution in [0.3, 0.4) is 0 Å². The summed E-state index contributed by atoms with van der Waals surface area (Å²) >= 11 is 0. The third-order valence-electron chi connectivity index (χ3n) is 2.28. The Labute approximate surface area is 101 Å². The van der Waals surface area contributed by atoms with Crippen molar-refractivity contribution in [3.8, 4) is 22.6 Å². The highest BCUT2D eigenvalue weighted by Gasteiger charge is 2.07. The monoisotopic (exact) mass is 229 g/mol. The zero-order valence-corrected chi connectivity index (χ0v) is 9.92.